The van der Waals surface area contributed by atoms with E-state index in [1.54, 1.807) is 0 Å². The lowest BCUT2D eigenvalue weighted by atomic mass is 9.94. The highest BCUT2D eigenvalue weighted by Gasteiger charge is 2.28. The molecule has 4 nitrogen and oxygen atoms in total. The summed E-state index contributed by atoms with van der Waals surface area (Å²) in [5.74, 6) is 1.10. The van der Waals surface area contributed by atoms with Gasteiger partial charge in [-0.05, 0) is 45.6 Å². The van der Waals surface area contributed by atoms with Crippen molar-refractivity contribution in [3.8, 4) is 0 Å². The summed E-state index contributed by atoms with van der Waals surface area (Å²) in [5.41, 5.74) is 2.46. The van der Waals surface area contributed by atoms with Gasteiger partial charge in [-0.2, -0.15) is 0 Å². The first-order valence-corrected chi connectivity index (χ1v) is 7.64. The van der Waals surface area contributed by atoms with Crippen molar-refractivity contribution in [2.75, 3.05) is 6.54 Å². The van der Waals surface area contributed by atoms with Crippen molar-refractivity contribution in [3.63, 3.8) is 0 Å². The lowest BCUT2D eigenvalue weighted by Crippen LogP contribution is -2.45. The fourth-order valence-corrected chi connectivity index (χ4v) is 3.52. The number of hydrogen-bond acceptors (Lipinski definition) is 4. The summed E-state index contributed by atoms with van der Waals surface area (Å²) in [6.45, 7) is 3.81. The van der Waals surface area contributed by atoms with E-state index in [2.05, 4.69) is 10.1 Å². The Hall–Kier alpha value is -0.870. The highest BCUT2D eigenvalue weighted by Crippen LogP contribution is 2.27. The second-order valence-electron chi connectivity index (χ2n) is 6.01. The van der Waals surface area contributed by atoms with Gasteiger partial charge in [0.15, 0.2) is 0 Å². The molecule has 2 unspecified atom stereocenters. The van der Waals surface area contributed by atoms with Gasteiger partial charge in [0.05, 0.1) is 6.10 Å². The molecular weight excluding hydrogens is 240 g/mol. The van der Waals surface area contributed by atoms with Crippen LogP contribution in [0.4, 0.5) is 0 Å². The summed E-state index contributed by atoms with van der Waals surface area (Å²) >= 11 is 0. The van der Waals surface area contributed by atoms with Crippen LogP contribution in [0.1, 0.15) is 56.0 Å². The number of aryl methyl sites for hydroxylation is 1. The van der Waals surface area contributed by atoms with Crippen LogP contribution in [0, 0.1) is 0 Å². The summed E-state index contributed by atoms with van der Waals surface area (Å²) < 4.78 is 5.49. The number of aliphatic hydroxyl groups is 1. The van der Waals surface area contributed by atoms with Crippen molar-refractivity contribution in [1.29, 1.82) is 0 Å². The molecule has 2 aliphatic rings. The lowest BCUT2D eigenvalue weighted by Gasteiger charge is -2.37. The van der Waals surface area contributed by atoms with E-state index in [0.717, 1.165) is 43.8 Å². The summed E-state index contributed by atoms with van der Waals surface area (Å²) in [6, 6.07) is 0.282. The Morgan fingerprint density at radius 3 is 3.00 bits per heavy atom. The van der Waals surface area contributed by atoms with Crippen LogP contribution >= 0.6 is 0 Å². The topological polar surface area (TPSA) is 49.5 Å². The number of aromatic nitrogens is 1. The molecule has 3 rings (SSSR count). The van der Waals surface area contributed by atoms with Crippen LogP contribution in [-0.4, -0.2) is 33.9 Å². The Morgan fingerprint density at radius 1 is 1.32 bits per heavy atom. The van der Waals surface area contributed by atoms with Crippen molar-refractivity contribution in [2.45, 2.75) is 70.6 Å². The Kier molecular flexibility index (Phi) is 3.89. The number of aliphatic hydroxyl groups excluding tert-OH is 1. The quantitative estimate of drug-likeness (QED) is 0.910. The zero-order valence-corrected chi connectivity index (χ0v) is 11.8. The first kappa shape index (κ1) is 13.1. The van der Waals surface area contributed by atoms with Crippen LogP contribution in [0.2, 0.25) is 0 Å². The highest BCUT2D eigenvalue weighted by molar-refractivity contribution is 5.25. The summed E-state index contributed by atoms with van der Waals surface area (Å²) in [7, 11) is 0. The fraction of sp³-hybridized carbons (Fsp3) is 0.800. The average Bonchev–Trinajstić information content (AvgIpc) is 2.83. The zero-order chi connectivity index (χ0) is 13.2. The standard InChI is InChI=1S/C15H24N2O2/c1-11(18)14-7-4-5-9-17(14)10-13-12-6-2-3-8-15(12)19-16-13/h11,14,18H,2-10H2,1H3. The maximum Gasteiger partial charge on any atom is 0.140 e. The molecule has 2 heterocycles. The van der Waals surface area contributed by atoms with E-state index in [9.17, 15) is 5.11 Å². The minimum atomic E-state index is -0.261. The first-order chi connectivity index (χ1) is 9.25. The van der Waals surface area contributed by atoms with Crippen LogP contribution in [0.15, 0.2) is 4.52 Å². The smallest absolute Gasteiger partial charge is 0.140 e. The van der Waals surface area contributed by atoms with Crippen molar-refractivity contribution in [1.82, 2.24) is 10.1 Å². The van der Waals surface area contributed by atoms with E-state index in [0.29, 0.717) is 0 Å². The molecule has 2 atom stereocenters. The van der Waals surface area contributed by atoms with Gasteiger partial charge < -0.3 is 9.63 Å². The van der Waals surface area contributed by atoms with Gasteiger partial charge in [-0.1, -0.05) is 11.6 Å². The lowest BCUT2D eigenvalue weighted by molar-refractivity contribution is 0.0303. The average molecular weight is 264 g/mol. The van der Waals surface area contributed by atoms with E-state index < -0.39 is 0 Å². The molecule has 0 bridgehead atoms. The van der Waals surface area contributed by atoms with Crippen molar-refractivity contribution >= 4 is 0 Å². The normalized spacial score (nSPS) is 26.1. The molecule has 19 heavy (non-hydrogen) atoms. The van der Waals surface area contributed by atoms with Crippen LogP contribution in [0.3, 0.4) is 0 Å². The number of rotatable bonds is 3. The van der Waals surface area contributed by atoms with Gasteiger partial charge in [-0.25, -0.2) is 0 Å². The molecule has 1 aliphatic carbocycles. The number of hydrogen-bond donors (Lipinski definition) is 1. The molecule has 1 aliphatic heterocycles. The van der Waals surface area contributed by atoms with E-state index in [-0.39, 0.29) is 12.1 Å². The zero-order valence-electron chi connectivity index (χ0n) is 11.8. The van der Waals surface area contributed by atoms with E-state index in [1.165, 1.54) is 31.2 Å². The Morgan fingerprint density at radius 2 is 2.16 bits per heavy atom. The number of fused-ring (bicyclic) bond motifs is 1. The monoisotopic (exact) mass is 264 g/mol. The number of piperidine rings is 1. The first-order valence-electron chi connectivity index (χ1n) is 7.64. The van der Waals surface area contributed by atoms with Gasteiger partial charge >= 0.3 is 0 Å². The molecular formula is C15H24N2O2. The maximum absolute atomic E-state index is 9.93. The Labute approximate surface area is 114 Å². The van der Waals surface area contributed by atoms with Crippen LogP contribution in [0.5, 0.6) is 0 Å². The minimum absolute atomic E-state index is 0.261. The maximum atomic E-state index is 9.93. The van der Waals surface area contributed by atoms with Gasteiger partial charge in [0, 0.05) is 24.6 Å². The molecule has 0 amide bonds. The van der Waals surface area contributed by atoms with Gasteiger partial charge in [0.2, 0.25) is 0 Å². The minimum Gasteiger partial charge on any atom is -0.392 e. The summed E-state index contributed by atoms with van der Waals surface area (Å²) in [5, 5.41) is 14.2. The Bertz CT molecular complexity index is 428. The molecule has 0 spiro atoms. The molecule has 1 N–H and O–H groups in total. The molecule has 1 aromatic rings. The molecule has 1 fully saturated rings. The molecule has 0 saturated carbocycles. The summed E-state index contributed by atoms with van der Waals surface area (Å²) in [6.07, 6.45) is 7.92. The van der Waals surface area contributed by atoms with Gasteiger partial charge in [-0.15, -0.1) is 0 Å². The van der Waals surface area contributed by atoms with Gasteiger partial charge in [0.25, 0.3) is 0 Å². The largest absolute Gasteiger partial charge is 0.392 e. The fourth-order valence-electron chi connectivity index (χ4n) is 3.52. The molecule has 4 heteroatoms. The third-order valence-electron chi connectivity index (χ3n) is 4.61. The predicted molar refractivity (Wildman–Crippen MR) is 72.9 cm³/mol. The molecule has 1 saturated heterocycles. The van der Waals surface area contributed by atoms with Crippen LogP contribution in [0.25, 0.3) is 0 Å². The van der Waals surface area contributed by atoms with Crippen molar-refractivity contribution in [3.05, 3.63) is 17.0 Å². The number of nitrogens with zero attached hydrogens (tertiary/aromatic N) is 2. The third-order valence-corrected chi connectivity index (χ3v) is 4.61. The van der Waals surface area contributed by atoms with Crippen molar-refractivity contribution in [2.24, 2.45) is 0 Å². The Balaban J connectivity index is 1.74. The van der Waals surface area contributed by atoms with E-state index in [4.69, 9.17) is 4.52 Å². The summed E-state index contributed by atoms with van der Waals surface area (Å²) in [4.78, 5) is 2.39. The molecule has 0 aromatic carbocycles. The number of likely N-dealkylation sites (tertiary alicyclic amines) is 1. The van der Waals surface area contributed by atoms with E-state index >= 15 is 0 Å². The van der Waals surface area contributed by atoms with Crippen LogP contribution < -0.4 is 0 Å². The molecule has 0 radical (unpaired) electrons. The van der Waals surface area contributed by atoms with Crippen LogP contribution in [-0.2, 0) is 19.4 Å². The highest BCUT2D eigenvalue weighted by atomic mass is 16.5. The van der Waals surface area contributed by atoms with Gasteiger partial charge in [-0.3, -0.25) is 4.90 Å². The SMILES string of the molecule is CC(O)C1CCCCN1Cc1noc2c1CCCC2. The predicted octanol–water partition coefficient (Wildman–Crippen LogP) is 2.29. The second kappa shape index (κ2) is 5.63. The van der Waals surface area contributed by atoms with E-state index in [1.807, 2.05) is 6.92 Å². The van der Waals surface area contributed by atoms with Gasteiger partial charge in [0.1, 0.15) is 11.5 Å². The molecule has 106 valence electrons. The van der Waals surface area contributed by atoms with Crippen molar-refractivity contribution < 1.29 is 9.63 Å². The molecule has 1 aromatic heterocycles. The second-order valence-corrected chi connectivity index (χ2v) is 6.01. The third kappa shape index (κ3) is 2.70.